The van der Waals surface area contributed by atoms with E-state index < -0.39 is 23.8 Å². The van der Waals surface area contributed by atoms with Gasteiger partial charge < -0.3 is 20.5 Å². The average molecular weight is 404 g/mol. The molecule has 1 fully saturated rings. The fraction of sp³-hybridized carbons (Fsp3) is 0.833. The molecule has 27 heavy (non-hydrogen) atoms. The Morgan fingerprint density at radius 3 is 2.11 bits per heavy atom. The van der Waals surface area contributed by atoms with Crippen LogP contribution in [0.1, 0.15) is 52.9 Å². The number of carbonyl (C=O) groups excluding carboxylic acids is 2. The lowest BCUT2D eigenvalue weighted by Crippen LogP contribution is -2.52. The van der Waals surface area contributed by atoms with Crippen molar-refractivity contribution in [2.45, 2.75) is 76.6 Å². The summed E-state index contributed by atoms with van der Waals surface area (Å²) >= 11 is 1.58. The molecule has 1 aliphatic carbocycles. The summed E-state index contributed by atoms with van der Waals surface area (Å²) in [5.74, 6) is 0.458. The molecule has 0 spiro atoms. The highest BCUT2D eigenvalue weighted by molar-refractivity contribution is 7.98. The molecule has 1 aliphatic rings. The molecule has 3 N–H and O–H groups in total. The van der Waals surface area contributed by atoms with E-state index in [4.69, 9.17) is 4.74 Å². The molecular formula is C18H33N3O5S. The molecule has 1 saturated carbocycles. The number of carbonyl (C=O) groups is 3. The van der Waals surface area contributed by atoms with Gasteiger partial charge in [-0.2, -0.15) is 11.8 Å². The summed E-state index contributed by atoms with van der Waals surface area (Å²) in [6.45, 7) is 5.46. The Hall–Kier alpha value is -1.64. The van der Waals surface area contributed by atoms with Gasteiger partial charge in [0.15, 0.2) is 0 Å². The van der Waals surface area contributed by atoms with Crippen molar-refractivity contribution in [2.24, 2.45) is 0 Å². The molecule has 0 aromatic rings. The molecule has 0 aromatic heterocycles. The second-order valence-electron chi connectivity index (χ2n) is 7.89. The largest absolute Gasteiger partial charge is 0.465 e. The van der Waals surface area contributed by atoms with Gasteiger partial charge in [-0.1, -0.05) is 0 Å². The molecule has 0 radical (unpaired) electrons. The quantitative estimate of drug-likeness (QED) is 0.603. The predicted octanol–water partition coefficient (Wildman–Crippen LogP) is 2.67. The van der Waals surface area contributed by atoms with E-state index in [2.05, 4.69) is 10.6 Å². The number of rotatable bonds is 7. The van der Waals surface area contributed by atoms with Crippen molar-refractivity contribution >= 4 is 29.9 Å². The third kappa shape index (κ3) is 8.73. The highest BCUT2D eigenvalue weighted by atomic mass is 32.2. The van der Waals surface area contributed by atoms with Crippen LogP contribution in [0.15, 0.2) is 0 Å². The average Bonchev–Trinajstić information content (AvgIpc) is 2.55. The second-order valence-corrected chi connectivity index (χ2v) is 8.88. The third-order valence-electron chi connectivity index (χ3n) is 4.46. The molecule has 1 rings (SSSR count). The van der Waals surface area contributed by atoms with Crippen molar-refractivity contribution in [1.82, 2.24) is 15.5 Å². The Morgan fingerprint density at radius 2 is 1.67 bits per heavy atom. The van der Waals surface area contributed by atoms with E-state index in [0.717, 1.165) is 30.6 Å². The van der Waals surface area contributed by atoms with Gasteiger partial charge in [0.1, 0.15) is 11.6 Å². The molecule has 0 unspecified atom stereocenters. The third-order valence-corrected chi connectivity index (χ3v) is 5.11. The minimum absolute atomic E-state index is 0.00633. The summed E-state index contributed by atoms with van der Waals surface area (Å²) in [6.07, 6.45) is 3.83. The Bertz CT molecular complexity index is 516. The van der Waals surface area contributed by atoms with Gasteiger partial charge in [0, 0.05) is 19.1 Å². The maximum Gasteiger partial charge on any atom is 0.407 e. The van der Waals surface area contributed by atoms with Crippen molar-refractivity contribution in [3.8, 4) is 0 Å². The van der Waals surface area contributed by atoms with Crippen LogP contribution in [0.2, 0.25) is 0 Å². The molecule has 0 aromatic carbocycles. The molecule has 0 aliphatic heterocycles. The molecule has 156 valence electrons. The number of nitrogens with zero attached hydrogens (tertiary/aromatic N) is 1. The highest BCUT2D eigenvalue weighted by Gasteiger charge is 2.30. The Kier molecular flexibility index (Phi) is 9.21. The number of hydrogen-bond acceptors (Lipinski definition) is 5. The number of nitrogens with one attached hydrogen (secondary N) is 2. The summed E-state index contributed by atoms with van der Waals surface area (Å²) < 4.78 is 5.27. The maximum atomic E-state index is 12.6. The number of ether oxygens (including phenoxy) is 1. The molecule has 0 bridgehead atoms. The Labute approximate surface area is 165 Å². The van der Waals surface area contributed by atoms with Gasteiger partial charge in [-0.05, 0) is 64.9 Å². The fourth-order valence-electron chi connectivity index (χ4n) is 3.02. The van der Waals surface area contributed by atoms with Crippen molar-refractivity contribution in [3.63, 3.8) is 0 Å². The molecule has 8 nitrogen and oxygen atoms in total. The lowest BCUT2D eigenvalue weighted by Gasteiger charge is -2.32. The lowest BCUT2D eigenvalue weighted by atomic mass is 9.91. The summed E-state index contributed by atoms with van der Waals surface area (Å²) in [5, 5.41) is 15.0. The van der Waals surface area contributed by atoms with Crippen LogP contribution in [0, 0.1) is 0 Å². The van der Waals surface area contributed by atoms with E-state index in [1.54, 1.807) is 11.8 Å². The molecule has 0 saturated heterocycles. The van der Waals surface area contributed by atoms with E-state index in [0.29, 0.717) is 12.2 Å². The van der Waals surface area contributed by atoms with Crippen LogP contribution >= 0.6 is 11.8 Å². The molecule has 0 heterocycles. The number of hydrogen-bond donors (Lipinski definition) is 3. The van der Waals surface area contributed by atoms with Gasteiger partial charge in [0.2, 0.25) is 5.91 Å². The van der Waals surface area contributed by atoms with Gasteiger partial charge >= 0.3 is 12.2 Å². The molecule has 1 atom stereocenters. The zero-order chi connectivity index (χ0) is 20.6. The van der Waals surface area contributed by atoms with E-state index >= 15 is 0 Å². The maximum absolute atomic E-state index is 12.6. The second kappa shape index (κ2) is 10.6. The Balaban J connectivity index is 2.48. The normalized spacial score (nSPS) is 21.1. The van der Waals surface area contributed by atoms with Crippen LogP contribution in [-0.2, 0) is 9.53 Å². The van der Waals surface area contributed by atoms with Crippen LogP contribution in [0.4, 0.5) is 9.59 Å². The van der Waals surface area contributed by atoms with Crippen LogP contribution in [0.5, 0.6) is 0 Å². The van der Waals surface area contributed by atoms with Gasteiger partial charge in [0.05, 0.1) is 0 Å². The van der Waals surface area contributed by atoms with E-state index in [1.807, 2.05) is 27.0 Å². The first-order valence-corrected chi connectivity index (χ1v) is 10.7. The number of thioether (sulfide) groups is 1. The minimum atomic E-state index is -1.11. The van der Waals surface area contributed by atoms with Gasteiger partial charge in [-0.3, -0.25) is 9.69 Å². The number of carboxylic acid groups (broad SMARTS) is 1. The minimum Gasteiger partial charge on any atom is -0.465 e. The molecule has 3 amide bonds. The van der Waals surface area contributed by atoms with Crippen LogP contribution in [-0.4, -0.2) is 70.9 Å². The smallest absolute Gasteiger partial charge is 0.407 e. The zero-order valence-corrected chi connectivity index (χ0v) is 17.7. The van der Waals surface area contributed by atoms with Crippen LogP contribution in [0.3, 0.4) is 0 Å². The number of amides is 3. The monoisotopic (exact) mass is 403 g/mol. The SMILES string of the molecule is CSCC[C@@H](C(=O)N[C@H]1CC[C@H](NC(=O)OC(C)(C)C)CC1)N(C)C(=O)O. The number of alkyl carbamates (subject to hydrolysis) is 1. The Morgan fingerprint density at radius 1 is 1.15 bits per heavy atom. The summed E-state index contributed by atoms with van der Waals surface area (Å²) in [6, 6.07) is -0.664. The summed E-state index contributed by atoms with van der Waals surface area (Å²) in [5.41, 5.74) is -0.531. The predicted molar refractivity (Wildman–Crippen MR) is 106 cm³/mol. The topological polar surface area (TPSA) is 108 Å². The van der Waals surface area contributed by atoms with Crippen molar-refractivity contribution in [2.75, 3.05) is 19.1 Å². The molecule has 9 heteroatoms. The van der Waals surface area contributed by atoms with Crippen molar-refractivity contribution in [3.05, 3.63) is 0 Å². The van der Waals surface area contributed by atoms with Crippen molar-refractivity contribution < 1.29 is 24.2 Å². The van der Waals surface area contributed by atoms with E-state index in [9.17, 15) is 19.5 Å². The van der Waals surface area contributed by atoms with Gasteiger partial charge in [0.25, 0.3) is 0 Å². The first-order valence-electron chi connectivity index (χ1n) is 9.28. The first kappa shape index (κ1) is 23.4. The van der Waals surface area contributed by atoms with E-state index in [-0.39, 0.29) is 18.0 Å². The first-order chi connectivity index (χ1) is 12.5. The fourth-order valence-corrected chi connectivity index (χ4v) is 3.48. The summed E-state index contributed by atoms with van der Waals surface area (Å²) in [7, 11) is 1.43. The van der Waals surface area contributed by atoms with Crippen molar-refractivity contribution in [1.29, 1.82) is 0 Å². The van der Waals surface area contributed by atoms with Gasteiger partial charge in [-0.25, -0.2) is 9.59 Å². The van der Waals surface area contributed by atoms with Gasteiger partial charge in [-0.15, -0.1) is 0 Å². The van der Waals surface area contributed by atoms with E-state index in [1.165, 1.54) is 7.05 Å². The standard InChI is InChI=1S/C18H33N3O5S/c1-18(2,3)26-16(23)20-13-8-6-12(7-9-13)19-15(22)14(10-11-27-5)21(4)17(24)25/h12-14H,6-11H2,1-5H3,(H,19,22)(H,20,23)(H,24,25)/t12-,13-,14-/m0/s1. The summed E-state index contributed by atoms with van der Waals surface area (Å²) in [4.78, 5) is 36.7. The highest BCUT2D eigenvalue weighted by Crippen LogP contribution is 2.20. The molecular weight excluding hydrogens is 370 g/mol. The zero-order valence-electron chi connectivity index (χ0n) is 16.9. The number of likely N-dealkylation sites (N-methyl/N-ethyl adjacent to an activating group) is 1. The van der Waals surface area contributed by atoms with Crippen LogP contribution < -0.4 is 10.6 Å². The van der Waals surface area contributed by atoms with Crippen LogP contribution in [0.25, 0.3) is 0 Å². The lowest BCUT2D eigenvalue weighted by molar-refractivity contribution is -0.126.